The Kier molecular flexibility index (Phi) is 2.82. The number of hydrogen-bond acceptors (Lipinski definition) is 2. The number of carbonyl (C=O) groups is 1. The first-order valence-corrected chi connectivity index (χ1v) is 6.55. The summed E-state index contributed by atoms with van der Waals surface area (Å²) >= 11 is 6.16. The minimum Gasteiger partial charge on any atom is -0.478 e. The minimum atomic E-state index is -0.919. The molecule has 1 aliphatic carbocycles. The minimum absolute atomic E-state index is 0.286. The molecular weight excluding hydrogens is 264 g/mol. The molecule has 1 aromatic carbocycles. The summed E-state index contributed by atoms with van der Waals surface area (Å²) in [4.78, 5) is 11.4. The molecule has 19 heavy (non-hydrogen) atoms. The van der Waals surface area contributed by atoms with Crippen molar-refractivity contribution in [1.82, 2.24) is 9.78 Å². The fraction of sp³-hybridized carbons (Fsp3) is 0.286. The zero-order valence-electron chi connectivity index (χ0n) is 10.4. The van der Waals surface area contributed by atoms with E-state index in [0.29, 0.717) is 22.0 Å². The summed E-state index contributed by atoms with van der Waals surface area (Å²) in [6.07, 6.45) is 2.03. The number of para-hydroxylation sites is 1. The summed E-state index contributed by atoms with van der Waals surface area (Å²) in [6, 6.07) is 7.31. The van der Waals surface area contributed by atoms with E-state index in [1.807, 2.05) is 18.2 Å². The highest BCUT2D eigenvalue weighted by Gasteiger charge is 2.33. The number of hydrogen-bond donors (Lipinski definition) is 1. The number of aromatic nitrogens is 2. The Morgan fingerprint density at radius 2 is 2.11 bits per heavy atom. The Balaban J connectivity index is 2.20. The van der Waals surface area contributed by atoms with E-state index in [0.717, 1.165) is 18.5 Å². The summed E-state index contributed by atoms with van der Waals surface area (Å²) in [5, 5.41) is 14.4. The van der Waals surface area contributed by atoms with Crippen LogP contribution in [0.5, 0.6) is 0 Å². The highest BCUT2D eigenvalue weighted by molar-refractivity contribution is 6.32. The van der Waals surface area contributed by atoms with Crippen LogP contribution in [0, 0.1) is 6.92 Å². The summed E-state index contributed by atoms with van der Waals surface area (Å²) < 4.78 is 1.64. The quantitative estimate of drug-likeness (QED) is 0.935. The van der Waals surface area contributed by atoms with Gasteiger partial charge in [0, 0.05) is 5.92 Å². The topological polar surface area (TPSA) is 55.1 Å². The third kappa shape index (κ3) is 2.02. The lowest BCUT2D eigenvalue weighted by Gasteiger charge is -2.06. The van der Waals surface area contributed by atoms with E-state index in [9.17, 15) is 9.90 Å². The zero-order valence-corrected chi connectivity index (χ0v) is 11.2. The maximum Gasteiger partial charge on any atom is 0.339 e. The van der Waals surface area contributed by atoms with Crippen LogP contribution < -0.4 is 0 Å². The highest BCUT2D eigenvalue weighted by Crippen LogP contribution is 2.42. The number of carboxylic acids is 1. The van der Waals surface area contributed by atoms with Gasteiger partial charge in [-0.05, 0) is 31.9 Å². The monoisotopic (exact) mass is 276 g/mol. The van der Waals surface area contributed by atoms with E-state index >= 15 is 0 Å². The average molecular weight is 277 g/mol. The summed E-state index contributed by atoms with van der Waals surface area (Å²) in [5.41, 5.74) is 2.35. The van der Waals surface area contributed by atoms with E-state index in [2.05, 4.69) is 5.10 Å². The smallest absolute Gasteiger partial charge is 0.339 e. The molecular formula is C14H13ClN2O2. The first-order chi connectivity index (χ1) is 9.09. The second kappa shape index (κ2) is 4.38. The van der Waals surface area contributed by atoms with Gasteiger partial charge in [-0.1, -0.05) is 23.7 Å². The van der Waals surface area contributed by atoms with Gasteiger partial charge >= 0.3 is 5.97 Å². The first kappa shape index (κ1) is 12.2. The van der Waals surface area contributed by atoms with Crippen LogP contribution in [0.1, 0.15) is 40.5 Å². The van der Waals surface area contributed by atoms with E-state index < -0.39 is 5.97 Å². The van der Waals surface area contributed by atoms with Crippen LogP contribution in [0.4, 0.5) is 0 Å². The molecule has 0 saturated heterocycles. The van der Waals surface area contributed by atoms with Gasteiger partial charge in [-0.25, -0.2) is 9.48 Å². The SMILES string of the molecule is Cc1c(C(=O)O)c(C2CC2)nn1-c1ccccc1Cl. The number of rotatable bonds is 3. The summed E-state index contributed by atoms with van der Waals surface area (Å²) in [5.74, 6) is -0.633. The number of aromatic carboxylic acids is 1. The number of carboxylic acid groups (broad SMARTS) is 1. The van der Waals surface area contributed by atoms with Crippen LogP contribution in [-0.2, 0) is 0 Å². The molecule has 1 aliphatic rings. The molecule has 0 amide bonds. The van der Waals surface area contributed by atoms with Crippen molar-refractivity contribution < 1.29 is 9.90 Å². The van der Waals surface area contributed by atoms with Gasteiger partial charge in [-0.3, -0.25) is 0 Å². The number of halogens is 1. The summed E-state index contributed by atoms with van der Waals surface area (Å²) in [7, 11) is 0. The van der Waals surface area contributed by atoms with Crippen molar-refractivity contribution in [3.63, 3.8) is 0 Å². The van der Waals surface area contributed by atoms with E-state index in [4.69, 9.17) is 11.6 Å². The molecule has 4 nitrogen and oxygen atoms in total. The van der Waals surface area contributed by atoms with Gasteiger partial charge in [0.05, 0.1) is 22.1 Å². The molecule has 1 aromatic heterocycles. The Labute approximate surface area is 115 Å². The lowest BCUT2D eigenvalue weighted by Crippen LogP contribution is -2.03. The lowest BCUT2D eigenvalue weighted by atomic mass is 10.1. The second-order valence-electron chi connectivity index (χ2n) is 4.79. The first-order valence-electron chi connectivity index (χ1n) is 6.17. The van der Waals surface area contributed by atoms with Crippen LogP contribution in [0.25, 0.3) is 5.69 Å². The maximum atomic E-state index is 11.4. The Hall–Kier alpha value is -1.81. The molecule has 0 atom stereocenters. The Morgan fingerprint density at radius 1 is 1.42 bits per heavy atom. The molecule has 5 heteroatoms. The van der Waals surface area contributed by atoms with Crippen LogP contribution in [0.2, 0.25) is 5.02 Å². The van der Waals surface area contributed by atoms with Gasteiger partial charge in [0.1, 0.15) is 5.56 Å². The van der Waals surface area contributed by atoms with Crippen LogP contribution in [-0.4, -0.2) is 20.9 Å². The van der Waals surface area contributed by atoms with Crippen LogP contribution in [0.15, 0.2) is 24.3 Å². The Bertz CT molecular complexity index is 659. The fourth-order valence-corrected chi connectivity index (χ4v) is 2.50. The highest BCUT2D eigenvalue weighted by atomic mass is 35.5. The lowest BCUT2D eigenvalue weighted by molar-refractivity contribution is 0.0695. The average Bonchev–Trinajstić information content (AvgIpc) is 3.14. The molecule has 0 radical (unpaired) electrons. The van der Waals surface area contributed by atoms with Gasteiger partial charge in [0.2, 0.25) is 0 Å². The van der Waals surface area contributed by atoms with Gasteiger partial charge in [0.15, 0.2) is 0 Å². The van der Waals surface area contributed by atoms with Crippen molar-refractivity contribution in [2.45, 2.75) is 25.7 Å². The zero-order chi connectivity index (χ0) is 13.6. The predicted molar refractivity (Wildman–Crippen MR) is 72.2 cm³/mol. The van der Waals surface area contributed by atoms with E-state index in [1.165, 1.54) is 0 Å². The van der Waals surface area contributed by atoms with Crippen molar-refractivity contribution in [3.05, 3.63) is 46.2 Å². The van der Waals surface area contributed by atoms with Crippen molar-refractivity contribution in [2.75, 3.05) is 0 Å². The third-order valence-corrected chi connectivity index (χ3v) is 3.72. The van der Waals surface area contributed by atoms with E-state index in [-0.39, 0.29) is 5.92 Å². The van der Waals surface area contributed by atoms with Crippen molar-refractivity contribution >= 4 is 17.6 Å². The van der Waals surface area contributed by atoms with Crippen LogP contribution >= 0.6 is 11.6 Å². The Morgan fingerprint density at radius 3 is 2.68 bits per heavy atom. The van der Waals surface area contributed by atoms with Crippen molar-refractivity contribution in [1.29, 1.82) is 0 Å². The third-order valence-electron chi connectivity index (χ3n) is 3.40. The van der Waals surface area contributed by atoms with E-state index in [1.54, 1.807) is 17.7 Å². The molecule has 3 rings (SSSR count). The normalized spacial score (nSPS) is 14.6. The van der Waals surface area contributed by atoms with Crippen LogP contribution in [0.3, 0.4) is 0 Å². The van der Waals surface area contributed by atoms with Crippen molar-refractivity contribution in [2.24, 2.45) is 0 Å². The molecule has 1 saturated carbocycles. The predicted octanol–water partition coefficient (Wildman–Crippen LogP) is 3.41. The molecule has 1 heterocycles. The molecule has 1 N–H and O–H groups in total. The van der Waals surface area contributed by atoms with Gasteiger partial charge in [-0.15, -0.1) is 0 Å². The molecule has 0 aliphatic heterocycles. The standard InChI is InChI=1S/C14H13ClN2O2/c1-8-12(14(18)19)13(9-6-7-9)16-17(8)11-5-3-2-4-10(11)15/h2-5,9H,6-7H2,1H3,(H,18,19). The van der Waals surface area contributed by atoms with Crippen molar-refractivity contribution in [3.8, 4) is 5.69 Å². The molecule has 0 spiro atoms. The number of nitrogens with zero attached hydrogens (tertiary/aromatic N) is 2. The largest absolute Gasteiger partial charge is 0.478 e. The maximum absolute atomic E-state index is 11.4. The second-order valence-corrected chi connectivity index (χ2v) is 5.20. The molecule has 1 fully saturated rings. The van der Waals surface area contributed by atoms with Gasteiger partial charge in [0.25, 0.3) is 0 Å². The fourth-order valence-electron chi connectivity index (χ4n) is 2.29. The van der Waals surface area contributed by atoms with Gasteiger partial charge in [-0.2, -0.15) is 5.10 Å². The molecule has 0 bridgehead atoms. The van der Waals surface area contributed by atoms with Gasteiger partial charge < -0.3 is 5.11 Å². The number of benzene rings is 1. The molecule has 2 aromatic rings. The molecule has 0 unspecified atom stereocenters. The molecule has 98 valence electrons. The summed E-state index contributed by atoms with van der Waals surface area (Å²) in [6.45, 7) is 1.77.